The van der Waals surface area contributed by atoms with E-state index in [1.165, 1.54) is 37.7 Å². The summed E-state index contributed by atoms with van der Waals surface area (Å²) >= 11 is 0. The van der Waals surface area contributed by atoms with Gasteiger partial charge in [0, 0.05) is 30.6 Å². The van der Waals surface area contributed by atoms with Crippen molar-refractivity contribution in [3.63, 3.8) is 0 Å². The number of piperidine rings is 1. The Morgan fingerprint density at radius 1 is 1.12 bits per heavy atom. The molecular weight excluding hydrogens is 312 g/mol. The van der Waals surface area contributed by atoms with Crippen molar-refractivity contribution in [2.24, 2.45) is 11.8 Å². The van der Waals surface area contributed by atoms with E-state index >= 15 is 0 Å². The summed E-state index contributed by atoms with van der Waals surface area (Å²) in [6, 6.07) is 8.44. The lowest BCUT2D eigenvalue weighted by Gasteiger charge is -2.44. The van der Waals surface area contributed by atoms with Crippen molar-refractivity contribution in [1.29, 1.82) is 0 Å². The van der Waals surface area contributed by atoms with Crippen LogP contribution < -0.4 is 5.32 Å². The smallest absolute Gasteiger partial charge is 0.227 e. The molecule has 25 heavy (non-hydrogen) atoms. The standard InChI is InChI=1S/C21H28N2O2/c24-20(23-13-5-8-15-6-2-4-10-19(15)23)12-11-17-14-16-7-1-3-9-18(16)22-21(17)25/h1,3,7,9,15,17,19H,2,4-6,8,10-14H2,(H,22,25). The first-order valence-corrected chi connectivity index (χ1v) is 9.90. The lowest BCUT2D eigenvalue weighted by Crippen LogP contribution is -2.49. The van der Waals surface area contributed by atoms with Crippen LogP contribution in [0.2, 0.25) is 0 Å². The molecule has 2 aliphatic heterocycles. The van der Waals surface area contributed by atoms with Crippen LogP contribution in [0.25, 0.3) is 0 Å². The normalized spacial score (nSPS) is 28.7. The fourth-order valence-electron chi connectivity index (χ4n) is 5.02. The summed E-state index contributed by atoms with van der Waals surface area (Å²) in [5.41, 5.74) is 2.11. The molecule has 4 nitrogen and oxygen atoms in total. The molecule has 134 valence electrons. The van der Waals surface area contributed by atoms with Gasteiger partial charge < -0.3 is 10.2 Å². The highest BCUT2D eigenvalue weighted by Gasteiger charge is 2.36. The van der Waals surface area contributed by atoms with Gasteiger partial charge in [-0.2, -0.15) is 0 Å². The number of likely N-dealkylation sites (tertiary alicyclic amines) is 1. The molecule has 0 radical (unpaired) electrons. The number of rotatable bonds is 3. The number of amides is 2. The van der Waals surface area contributed by atoms with Crippen molar-refractivity contribution in [3.8, 4) is 0 Å². The van der Waals surface area contributed by atoms with Gasteiger partial charge in [0.15, 0.2) is 0 Å². The van der Waals surface area contributed by atoms with Gasteiger partial charge in [0.1, 0.15) is 0 Å². The van der Waals surface area contributed by atoms with E-state index in [2.05, 4.69) is 16.3 Å². The van der Waals surface area contributed by atoms with Crippen LogP contribution in [0.5, 0.6) is 0 Å². The lowest BCUT2D eigenvalue weighted by atomic mass is 9.78. The number of carbonyl (C=O) groups excluding carboxylic acids is 2. The first-order valence-electron chi connectivity index (χ1n) is 9.90. The van der Waals surface area contributed by atoms with Gasteiger partial charge in [-0.05, 0) is 56.1 Å². The molecule has 3 atom stereocenters. The minimum Gasteiger partial charge on any atom is -0.339 e. The molecule has 2 fully saturated rings. The molecule has 0 spiro atoms. The second-order valence-electron chi connectivity index (χ2n) is 7.93. The van der Waals surface area contributed by atoms with E-state index in [0.717, 1.165) is 31.0 Å². The van der Waals surface area contributed by atoms with Gasteiger partial charge in [-0.25, -0.2) is 0 Å². The highest BCUT2D eigenvalue weighted by Crippen LogP contribution is 2.36. The van der Waals surface area contributed by atoms with Crippen molar-refractivity contribution < 1.29 is 9.59 Å². The Hall–Kier alpha value is -1.84. The fraction of sp³-hybridized carbons (Fsp3) is 0.619. The summed E-state index contributed by atoms with van der Waals surface area (Å²) in [5.74, 6) is 0.978. The van der Waals surface area contributed by atoms with Gasteiger partial charge in [0.2, 0.25) is 11.8 Å². The van der Waals surface area contributed by atoms with E-state index < -0.39 is 0 Å². The largest absolute Gasteiger partial charge is 0.339 e. The predicted molar refractivity (Wildman–Crippen MR) is 98.2 cm³/mol. The van der Waals surface area contributed by atoms with Gasteiger partial charge in [-0.3, -0.25) is 9.59 Å². The van der Waals surface area contributed by atoms with Gasteiger partial charge in [0.25, 0.3) is 0 Å². The third-order valence-electron chi connectivity index (χ3n) is 6.38. The maximum absolute atomic E-state index is 12.8. The molecule has 4 heteroatoms. The Labute approximate surface area is 150 Å². The zero-order valence-electron chi connectivity index (χ0n) is 14.9. The number of fused-ring (bicyclic) bond motifs is 2. The Kier molecular flexibility index (Phi) is 4.78. The number of carbonyl (C=O) groups is 2. The van der Waals surface area contributed by atoms with Gasteiger partial charge in [-0.1, -0.05) is 31.0 Å². The summed E-state index contributed by atoms with van der Waals surface area (Å²) in [6.45, 7) is 0.916. The fourth-order valence-corrected chi connectivity index (χ4v) is 5.02. The topological polar surface area (TPSA) is 49.4 Å². The highest BCUT2D eigenvalue weighted by molar-refractivity contribution is 5.96. The summed E-state index contributed by atoms with van der Waals surface area (Å²) in [4.78, 5) is 27.3. The molecule has 3 aliphatic rings. The maximum atomic E-state index is 12.8. The van der Waals surface area contributed by atoms with E-state index in [-0.39, 0.29) is 17.7 Å². The van der Waals surface area contributed by atoms with Crippen molar-refractivity contribution in [2.75, 3.05) is 11.9 Å². The van der Waals surface area contributed by atoms with E-state index in [0.29, 0.717) is 18.9 Å². The Balaban J connectivity index is 1.36. The molecule has 4 rings (SSSR count). The Morgan fingerprint density at radius 2 is 1.92 bits per heavy atom. The SMILES string of the molecule is O=C1Nc2ccccc2CC1CCC(=O)N1CCCC2CCCCC21. The Bertz CT molecular complexity index is 655. The zero-order chi connectivity index (χ0) is 17.2. The highest BCUT2D eigenvalue weighted by atomic mass is 16.2. The number of hydrogen-bond acceptors (Lipinski definition) is 2. The van der Waals surface area contributed by atoms with Crippen molar-refractivity contribution in [3.05, 3.63) is 29.8 Å². The summed E-state index contributed by atoms with van der Waals surface area (Å²) in [7, 11) is 0. The van der Waals surface area contributed by atoms with Crippen molar-refractivity contribution in [1.82, 2.24) is 4.90 Å². The quantitative estimate of drug-likeness (QED) is 0.911. The average Bonchev–Trinajstić information content (AvgIpc) is 2.65. The second kappa shape index (κ2) is 7.19. The second-order valence-corrected chi connectivity index (χ2v) is 7.93. The molecule has 0 aromatic heterocycles. The van der Waals surface area contributed by atoms with Crippen LogP contribution in [-0.2, 0) is 16.0 Å². The molecule has 2 amide bonds. The first kappa shape index (κ1) is 16.6. The summed E-state index contributed by atoms with van der Waals surface area (Å²) in [5, 5.41) is 2.99. The molecular formula is C21H28N2O2. The van der Waals surface area contributed by atoms with E-state index in [1.54, 1.807) is 0 Å². The maximum Gasteiger partial charge on any atom is 0.227 e. The zero-order valence-corrected chi connectivity index (χ0v) is 14.9. The first-order chi connectivity index (χ1) is 12.2. The van der Waals surface area contributed by atoms with Crippen molar-refractivity contribution in [2.45, 2.75) is 63.8 Å². The third kappa shape index (κ3) is 3.44. The van der Waals surface area contributed by atoms with E-state index in [9.17, 15) is 9.59 Å². The predicted octanol–water partition coefficient (Wildman–Crippen LogP) is 3.76. The van der Waals surface area contributed by atoms with Crippen molar-refractivity contribution >= 4 is 17.5 Å². The van der Waals surface area contributed by atoms with E-state index in [4.69, 9.17) is 0 Å². The summed E-state index contributed by atoms with van der Waals surface area (Å²) < 4.78 is 0. The number of benzene rings is 1. The molecule has 3 unspecified atom stereocenters. The molecule has 0 bridgehead atoms. The number of hydrogen-bond donors (Lipinski definition) is 1. The molecule has 1 aromatic carbocycles. The van der Waals surface area contributed by atoms with Crippen LogP contribution in [0, 0.1) is 11.8 Å². The number of para-hydroxylation sites is 1. The summed E-state index contributed by atoms with van der Waals surface area (Å²) in [6.07, 6.45) is 9.39. The minimum absolute atomic E-state index is 0.0701. The van der Waals surface area contributed by atoms with Crippen LogP contribution in [-0.4, -0.2) is 29.3 Å². The third-order valence-corrected chi connectivity index (χ3v) is 6.38. The van der Waals surface area contributed by atoms with Gasteiger partial charge in [-0.15, -0.1) is 0 Å². The molecule has 1 aliphatic carbocycles. The number of nitrogens with zero attached hydrogens (tertiary/aromatic N) is 1. The van der Waals surface area contributed by atoms with Crippen LogP contribution in [0.15, 0.2) is 24.3 Å². The number of nitrogens with one attached hydrogen (secondary N) is 1. The van der Waals surface area contributed by atoms with Crippen LogP contribution in [0.1, 0.15) is 56.9 Å². The Morgan fingerprint density at radius 3 is 2.84 bits per heavy atom. The molecule has 1 saturated carbocycles. The minimum atomic E-state index is -0.0780. The molecule has 2 heterocycles. The van der Waals surface area contributed by atoms with Gasteiger partial charge in [0.05, 0.1) is 0 Å². The van der Waals surface area contributed by atoms with Crippen LogP contribution >= 0.6 is 0 Å². The lowest BCUT2D eigenvalue weighted by molar-refractivity contribution is -0.138. The van der Waals surface area contributed by atoms with Crippen LogP contribution in [0.3, 0.4) is 0 Å². The molecule has 1 N–H and O–H groups in total. The van der Waals surface area contributed by atoms with Gasteiger partial charge >= 0.3 is 0 Å². The molecule has 1 aromatic rings. The molecule has 1 saturated heterocycles. The monoisotopic (exact) mass is 340 g/mol. The van der Waals surface area contributed by atoms with E-state index in [1.807, 2.05) is 18.2 Å². The van der Waals surface area contributed by atoms with Crippen LogP contribution in [0.4, 0.5) is 5.69 Å². The average molecular weight is 340 g/mol. The number of anilines is 1.